The van der Waals surface area contributed by atoms with Crippen molar-refractivity contribution >= 4 is 5.91 Å². The molecule has 4 rings (SSSR count). The molecule has 1 fully saturated rings. The summed E-state index contributed by atoms with van der Waals surface area (Å²) in [5, 5.41) is 31.1. The Labute approximate surface area is 219 Å². The van der Waals surface area contributed by atoms with Crippen LogP contribution in [0.5, 0.6) is 0 Å². The summed E-state index contributed by atoms with van der Waals surface area (Å²) in [6, 6.07) is 9.14. The molecule has 1 amide bonds. The van der Waals surface area contributed by atoms with E-state index in [1.54, 1.807) is 17.1 Å². The Morgan fingerprint density at radius 3 is 2.41 bits per heavy atom. The minimum Gasteiger partial charge on any atom is -0.376 e. The van der Waals surface area contributed by atoms with Crippen LogP contribution in [-0.4, -0.2) is 59.9 Å². The second-order valence-electron chi connectivity index (χ2n) is 11.4. The van der Waals surface area contributed by atoms with Crippen molar-refractivity contribution in [3.8, 4) is 11.1 Å². The summed E-state index contributed by atoms with van der Waals surface area (Å²) in [5.74, 6) is 0.0322. The van der Waals surface area contributed by atoms with Crippen molar-refractivity contribution in [1.29, 1.82) is 0 Å². The minimum atomic E-state index is -0.851. The first kappa shape index (κ1) is 26.9. The molecule has 0 spiro atoms. The highest BCUT2D eigenvalue weighted by Gasteiger charge is 2.40. The van der Waals surface area contributed by atoms with Gasteiger partial charge in [-0.1, -0.05) is 64.1 Å². The summed E-state index contributed by atoms with van der Waals surface area (Å²) in [6.45, 7) is 13.0. The molecule has 3 aromatic rings. The van der Waals surface area contributed by atoms with Gasteiger partial charge in [0.05, 0.1) is 36.2 Å². The maximum absolute atomic E-state index is 13.4. The third kappa shape index (κ3) is 6.05. The van der Waals surface area contributed by atoms with Crippen molar-refractivity contribution in [1.82, 2.24) is 35.4 Å². The topological polar surface area (TPSA) is 109 Å². The third-order valence-corrected chi connectivity index (χ3v) is 7.20. The second kappa shape index (κ2) is 11.1. The molecule has 0 bridgehead atoms. The van der Waals surface area contributed by atoms with Crippen molar-refractivity contribution in [2.24, 2.45) is 5.92 Å². The van der Waals surface area contributed by atoms with Gasteiger partial charge in [0.1, 0.15) is 6.23 Å². The number of nitrogens with zero attached hydrogens (tertiary/aromatic N) is 6. The third-order valence-electron chi connectivity index (χ3n) is 7.20. The first-order valence-electron chi connectivity index (χ1n) is 13.1. The van der Waals surface area contributed by atoms with Crippen LogP contribution in [0.25, 0.3) is 11.1 Å². The minimum absolute atomic E-state index is 0.0667. The molecular formula is C28H39N7O2. The number of hydrogen-bond donors (Lipinski definition) is 2. The molecule has 1 aliphatic heterocycles. The van der Waals surface area contributed by atoms with E-state index in [-0.39, 0.29) is 29.3 Å². The number of rotatable bonds is 8. The highest BCUT2D eigenvalue weighted by Crippen LogP contribution is 2.31. The van der Waals surface area contributed by atoms with Crippen molar-refractivity contribution < 1.29 is 9.90 Å². The Morgan fingerprint density at radius 2 is 1.81 bits per heavy atom. The molecule has 37 heavy (non-hydrogen) atoms. The number of carbonyl (C=O) groups is 1. The number of benzene rings is 1. The number of hydrogen-bond acceptors (Lipinski definition) is 7. The highest BCUT2D eigenvalue weighted by molar-refractivity contribution is 5.82. The molecule has 1 saturated heterocycles. The zero-order valence-corrected chi connectivity index (χ0v) is 22.7. The van der Waals surface area contributed by atoms with Crippen LogP contribution >= 0.6 is 0 Å². The molecular weight excluding hydrogens is 466 g/mol. The fraction of sp³-hybridized carbons (Fsp3) is 0.536. The van der Waals surface area contributed by atoms with Gasteiger partial charge in [0.15, 0.2) is 0 Å². The number of nitrogens with one attached hydrogen (secondary N) is 1. The van der Waals surface area contributed by atoms with Gasteiger partial charge in [0.2, 0.25) is 5.91 Å². The van der Waals surface area contributed by atoms with Crippen LogP contribution in [0.2, 0.25) is 0 Å². The van der Waals surface area contributed by atoms with Crippen LogP contribution in [0.1, 0.15) is 77.7 Å². The molecule has 0 radical (unpaired) electrons. The fourth-order valence-electron chi connectivity index (χ4n) is 4.95. The van der Waals surface area contributed by atoms with Crippen LogP contribution in [0.15, 0.2) is 48.9 Å². The molecule has 4 atom stereocenters. The van der Waals surface area contributed by atoms with Crippen molar-refractivity contribution in [2.75, 3.05) is 6.54 Å². The van der Waals surface area contributed by atoms with E-state index in [4.69, 9.17) is 0 Å². The van der Waals surface area contributed by atoms with Crippen LogP contribution in [0.4, 0.5) is 0 Å². The van der Waals surface area contributed by atoms with E-state index in [0.29, 0.717) is 13.0 Å². The number of likely N-dealkylation sites (tertiary alicyclic amines) is 1. The van der Waals surface area contributed by atoms with Crippen molar-refractivity contribution in [3.05, 3.63) is 60.2 Å². The maximum Gasteiger partial charge on any atom is 0.237 e. The molecule has 9 heteroatoms. The molecule has 0 aliphatic carbocycles. The summed E-state index contributed by atoms with van der Waals surface area (Å²) in [4.78, 5) is 15.3. The predicted octanol–water partition coefficient (Wildman–Crippen LogP) is 3.89. The fourth-order valence-corrected chi connectivity index (χ4v) is 4.95. The van der Waals surface area contributed by atoms with E-state index in [1.807, 2.05) is 48.4 Å². The van der Waals surface area contributed by atoms with Crippen LogP contribution in [0.3, 0.4) is 0 Å². The van der Waals surface area contributed by atoms with E-state index < -0.39 is 12.3 Å². The van der Waals surface area contributed by atoms with Gasteiger partial charge in [-0.25, -0.2) is 4.68 Å². The Kier molecular flexibility index (Phi) is 8.04. The average Bonchev–Trinajstić information content (AvgIpc) is 3.55. The molecule has 1 aromatic carbocycles. The van der Waals surface area contributed by atoms with Crippen LogP contribution < -0.4 is 5.32 Å². The van der Waals surface area contributed by atoms with Gasteiger partial charge in [-0.2, -0.15) is 10.2 Å². The summed E-state index contributed by atoms with van der Waals surface area (Å²) in [5.41, 5.74) is 3.80. The normalized spacial score (nSPS) is 19.1. The maximum atomic E-state index is 13.4. The number of carbonyl (C=O) groups excluding carboxylic acids is 1. The lowest BCUT2D eigenvalue weighted by Gasteiger charge is -2.36. The Balaban J connectivity index is 1.45. The van der Waals surface area contributed by atoms with Crippen molar-refractivity contribution in [3.63, 3.8) is 0 Å². The summed E-state index contributed by atoms with van der Waals surface area (Å²) in [7, 11) is 0. The van der Waals surface area contributed by atoms with Gasteiger partial charge in [-0.05, 0) is 42.9 Å². The molecule has 198 valence electrons. The largest absolute Gasteiger partial charge is 0.376 e. The molecule has 9 nitrogen and oxygen atoms in total. The molecule has 1 aliphatic rings. The van der Waals surface area contributed by atoms with E-state index in [9.17, 15) is 9.90 Å². The van der Waals surface area contributed by atoms with E-state index in [0.717, 1.165) is 28.8 Å². The molecule has 1 unspecified atom stereocenters. The first-order chi connectivity index (χ1) is 17.6. The molecule has 0 saturated carbocycles. The average molecular weight is 506 g/mol. The number of aliphatic hydroxyl groups excluding tert-OH is 1. The summed E-state index contributed by atoms with van der Waals surface area (Å²) in [6.07, 6.45) is 6.04. The van der Waals surface area contributed by atoms with E-state index in [2.05, 4.69) is 60.4 Å². The summed E-state index contributed by atoms with van der Waals surface area (Å²) >= 11 is 0. The Hall–Kier alpha value is -3.17. The second-order valence-corrected chi connectivity index (χ2v) is 11.4. The van der Waals surface area contributed by atoms with Gasteiger partial charge >= 0.3 is 0 Å². The van der Waals surface area contributed by atoms with Gasteiger partial charge in [-0.3, -0.25) is 9.69 Å². The standard InChI is InChI=1S/C28H39N7O2/c1-18(2)25(35-17-24(32-33-35)28(4,5)6)27(37)34-15-7-8-23(34)26(36)31-19(3)20-9-11-21(12-10-20)22-13-14-29-30-16-22/h9-14,16-19,23,25,27,37H,7-8,15H2,1-6H3,(H,31,36)/t19-,23-,25-,27?/m0/s1. The van der Waals surface area contributed by atoms with Crippen LogP contribution in [-0.2, 0) is 10.2 Å². The predicted molar refractivity (Wildman–Crippen MR) is 142 cm³/mol. The molecule has 2 aromatic heterocycles. The lowest BCUT2D eigenvalue weighted by atomic mass is 9.93. The quantitative estimate of drug-likeness (QED) is 0.478. The van der Waals surface area contributed by atoms with Gasteiger partial charge in [0, 0.05) is 23.7 Å². The van der Waals surface area contributed by atoms with Crippen molar-refractivity contribution in [2.45, 2.75) is 84.2 Å². The van der Waals surface area contributed by atoms with Crippen LogP contribution in [0, 0.1) is 5.92 Å². The van der Waals surface area contributed by atoms with Gasteiger partial charge < -0.3 is 10.4 Å². The number of aliphatic hydroxyl groups is 1. The number of amides is 1. The zero-order chi connectivity index (χ0) is 26.7. The monoisotopic (exact) mass is 505 g/mol. The first-order valence-corrected chi connectivity index (χ1v) is 13.1. The Morgan fingerprint density at radius 1 is 1.08 bits per heavy atom. The SMILES string of the molecule is CC(C)[C@@H](C(O)N1CCC[C@H]1C(=O)N[C@@H](C)c1ccc(-c2ccnnc2)cc1)n1cc(C(C)(C)C)nn1. The van der Waals surface area contributed by atoms with E-state index in [1.165, 1.54) is 0 Å². The zero-order valence-electron chi connectivity index (χ0n) is 22.7. The number of aromatic nitrogens is 5. The lowest BCUT2D eigenvalue weighted by molar-refractivity contribution is -0.133. The lowest BCUT2D eigenvalue weighted by Crippen LogP contribution is -2.51. The highest BCUT2D eigenvalue weighted by atomic mass is 16.3. The molecule has 2 N–H and O–H groups in total. The van der Waals surface area contributed by atoms with Gasteiger partial charge in [-0.15, -0.1) is 5.10 Å². The Bertz CT molecular complexity index is 1170. The van der Waals surface area contributed by atoms with E-state index >= 15 is 0 Å². The molecule has 3 heterocycles. The summed E-state index contributed by atoms with van der Waals surface area (Å²) < 4.78 is 1.77. The van der Waals surface area contributed by atoms with Gasteiger partial charge in [0.25, 0.3) is 0 Å². The smallest absolute Gasteiger partial charge is 0.237 e.